The van der Waals surface area contributed by atoms with Gasteiger partial charge < -0.3 is 5.11 Å². The van der Waals surface area contributed by atoms with E-state index in [1.54, 1.807) is 12.1 Å². The fourth-order valence-corrected chi connectivity index (χ4v) is 2.32. The Kier molecular flexibility index (Phi) is 4.72. The van der Waals surface area contributed by atoms with Crippen molar-refractivity contribution in [1.29, 1.82) is 0 Å². The van der Waals surface area contributed by atoms with E-state index < -0.39 is 10.0 Å². The molecule has 1 aromatic carbocycles. The molecule has 6 heteroatoms. The summed E-state index contributed by atoms with van der Waals surface area (Å²) in [6, 6.07) is 6.37. The Morgan fingerprint density at radius 1 is 1.27 bits per heavy atom. The van der Waals surface area contributed by atoms with Gasteiger partial charge in [-0.3, -0.25) is 0 Å². The number of aliphatic hydroxyl groups excluding tert-OH is 1. The van der Waals surface area contributed by atoms with Crippen LogP contribution in [0.3, 0.4) is 0 Å². The zero-order valence-electron chi connectivity index (χ0n) is 7.98. The number of rotatable bonds is 5. The van der Waals surface area contributed by atoms with Gasteiger partial charge in [-0.1, -0.05) is 15.9 Å². The van der Waals surface area contributed by atoms with Crippen LogP contribution in [0.1, 0.15) is 6.42 Å². The third-order valence-electron chi connectivity index (χ3n) is 1.75. The van der Waals surface area contributed by atoms with Crippen LogP contribution < -0.4 is 4.72 Å². The maximum Gasteiger partial charge on any atom is 0.240 e. The smallest absolute Gasteiger partial charge is 0.240 e. The van der Waals surface area contributed by atoms with Gasteiger partial charge in [-0.15, -0.1) is 0 Å². The standard InChI is InChI=1S/C9H12BrNO3S/c10-8-2-4-9(5-3-8)15(13,14)11-6-1-7-12/h2-5,11-12H,1,6-7H2. The van der Waals surface area contributed by atoms with Gasteiger partial charge in [0.2, 0.25) is 10.0 Å². The van der Waals surface area contributed by atoms with Crippen LogP contribution in [0.25, 0.3) is 0 Å². The zero-order valence-corrected chi connectivity index (χ0v) is 10.4. The summed E-state index contributed by atoms with van der Waals surface area (Å²) in [6.45, 7) is 0.220. The number of sulfonamides is 1. The quantitative estimate of drug-likeness (QED) is 0.799. The molecule has 0 aromatic heterocycles. The van der Waals surface area contributed by atoms with E-state index in [0.29, 0.717) is 6.42 Å². The minimum Gasteiger partial charge on any atom is -0.396 e. The first-order valence-corrected chi connectivity index (χ1v) is 6.70. The predicted octanol–water partition coefficient (Wildman–Crippen LogP) is 1.11. The zero-order chi connectivity index (χ0) is 11.3. The molecule has 0 radical (unpaired) electrons. The number of aliphatic hydroxyl groups is 1. The first-order chi connectivity index (χ1) is 7.06. The third-order valence-corrected chi connectivity index (χ3v) is 3.76. The van der Waals surface area contributed by atoms with E-state index in [-0.39, 0.29) is 18.0 Å². The van der Waals surface area contributed by atoms with Gasteiger partial charge in [-0.2, -0.15) is 0 Å². The highest BCUT2D eigenvalue weighted by molar-refractivity contribution is 9.10. The first kappa shape index (κ1) is 12.6. The lowest BCUT2D eigenvalue weighted by Crippen LogP contribution is -2.25. The molecule has 15 heavy (non-hydrogen) atoms. The van der Waals surface area contributed by atoms with Crippen molar-refractivity contribution in [2.75, 3.05) is 13.2 Å². The lowest BCUT2D eigenvalue weighted by atomic mass is 10.4. The minimum absolute atomic E-state index is 0.0249. The molecular formula is C9H12BrNO3S. The molecule has 0 heterocycles. The Labute approximate surface area is 97.5 Å². The molecule has 1 rings (SSSR count). The van der Waals surface area contributed by atoms with E-state index in [9.17, 15) is 8.42 Å². The van der Waals surface area contributed by atoms with Crippen molar-refractivity contribution in [1.82, 2.24) is 4.72 Å². The molecule has 0 spiro atoms. The van der Waals surface area contributed by atoms with Crippen LogP contribution in [-0.4, -0.2) is 26.7 Å². The molecule has 0 aliphatic carbocycles. The molecule has 0 aliphatic heterocycles. The summed E-state index contributed by atoms with van der Waals surface area (Å²) < 4.78 is 26.4. The van der Waals surface area contributed by atoms with Gasteiger partial charge in [0.1, 0.15) is 0 Å². The first-order valence-electron chi connectivity index (χ1n) is 4.42. The lowest BCUT2D eigenvalue weighted by Gasteiger charge is -2.05. The fraction of sp³-hybridized carbons (Fsp3) is 0.333. The van der Waals surface area contributed by atoms with Crippen molar-refractivity contribution < 1.29 is 13.5 Å². The van der Waals surface area contributed by atoms with Crippen molar-refractivity contribution in [3.05, 3.63) is 28.7 Å². The lowest BCUT2D eigenvalue weighted by molar-refractivity contribution is 0.289. The topological polar surface area (TPSA) is 66.4 Å². The van der Waals surface area contributed by atoms with E-state index in [1.165, 1.54) is 12.1 Å². The van der Waals surface area contributed by atoms with Gasteiger partial charge in [0.25, 0.3) is 0 Å². The molecule has 0 amide bonds. The molecule has 4 nitrogen and oxygen atoms in total. The van der Waals surface area contributed by atoms with Crippen LogP contribution in [0.15, 0.2) is 33.6 Å². The summed E-state index contributed by atoms with van der Waals surface area (Å²) in [6.07, 6.45) is 0.412. The second-order valence-electron chi connectivity index (χ2n) is 2.93. The van der Waals surface area contributed by atoms with Crippen LogP contribution in [0.5, 0.6) is 0 Å². The van der Waals surface area contributed by atoms with Crippen LogP contribution >= 0.6 is 15.9 Å². The highest BCUT2D eigenvalue weighted by Gasteiger charge is 2.12. The van der Waals surface area contributed by atoms with Gasteiger partial charge >= 0.3 is 0 Å². The molecule has 1 aromatic rings. The summed E-state index contributed by atoms with van der Waals surface area (Å²) in [4.78, 5) is 0.226. The highest BCUT2D eigenvalue weighted by Crippen LogP contribution is 2.14. The van der Waals surface area contributed by atoms with Crippen molar-refractivity contribution in [3.63, 3.8) is 0 Å². The molecule has 0 saturated heterocycles. The van der Waals surface area contributed by atoms with E-state index in [0.717, 1.165) is 4.47 Å². The van der Waals surface area contributed by atoms with Gasteiger partial charge in [0.15, 0.2) is 0 Å². The van der Waals surface area contributed by atoms with Gasteiger partial charge in [-0.25, -0.2) is 13.1 Å². The maximum absolute atomic E-state index is 11.6. The number of halogens is 1. The fourth-order valence-electron chi connectivity index (χ4n) is 0.983. The average Bonchev–Trinajstić information content (AvgIpc) is 2.18. The number of benzene rings is 1. The molecule has 2 N–H and O–H groups in total. The van der Waals surface area contributed by atoms with Gasteiger partial charge in [-0.05, 0) is 30.7 Å². The Balaban J connectivity index is 2.73. The van der Waals surface area contributed by atoms with Crippen LogP contribution in [0.2, 0.25) is 0 Å². The van der Waals surface area contributed by atoms with Crippen molar-refractivity contribution in [3.8, 4) is 0 Å². The van der Waals surface area contributed by atoms with Crippen molar-refractivity contribution in [2.24, 2.45) is 0 Å². The van der Waals surface area contributed by atoms with Crippen LogP contribution in [0, 0.1) is 0 Å². The van der Waals surface area contributed by atoms with Crippen molar-refractivity contribution >= 4 is 26.0 Å². The summed E-state index contributed by atoms with van der Waals surface area (Å²) in [7, 11) is -3.43. The molecular weight excluding hydrogens is 282 g/mol. The Morgan fingerprint density at radius 2 is 1.87 bits per heavy atom. The minimum atomic E-state index is -3.43. The highest BCUT2D eigenvalue weighted by atomic mass is 79.9. The summed E-state index contributed by atoms with van der Waals surface area (Å²) in [5.41, 5.74) is 0. The summed E-state index contributed by atoms with van der Waals surface area (Å²) in [5.74, 6) is 0. The number of hydrogen-bond acceptors (Lipinski definition) is 3. The third kappa shape index (κ3) is 3.90. The molecule has 0 aliphatic rings. The largest absolute Gasteiger partial charge is 0.396 e. The average molecular weight is 294 g/mol. The summed E-state index contributed by atoms with van der Waals surface area (Å²) in [5, 5.41) is 8.53. The molecule has 0 unspecified atom stereocenters. The second-order valence-corrected chi connectivity index (χ2v) is 5.61. The monoisotopic (exact) mass is 293 g/mol. The van der Waals surface area contributed by atoms with E-state index in [2.05, 4.69) is 20.7 Å². The normalized spacial score (nSPS) is 11.6. The SMILES string of the molecule is O=S(=O)(NCCCO)c1ccc(Br)cc1. The molecule has 0 fully saturated rings. The second kappa shape index (κ2) is 5.60. The van der Waals surface area contributed by atoms with E-state index in [4.69, 9.17) is 5.11 Å². The summed E-state index contributed by atoms with van der Waals surface area (Å²) >= 11 is 3.23. The number of nitrogens with one attached hydrogen (secondary N) is 1. The van der Waals surface area contributed by atoms with Crippen LogP contribution in [0.4, 0.5) is 0 Å². The maximum atomic E-state index is 11.6. The molecule has 84 valence electrons. The molecule has 0 saturated carbocycles. The van der Waals surface area contributed by atoms with Crippen molar-refractivity contribution in [2.45, 2.75) is 11.3 Å². The Hall–Kier alpha value is -0.430. The van der Waals surface area contributed by atoms with E-state index >= 15 is 0 Å². The Morgan fingerprint density at radius 3 is 2.40 bits per heavy atom. The molecule has 0 atom stereocenters. The number of hydrogen-bond donors (Lipinski definition) is 2. The predicted molar refractivity (Wildman–Crippen MR) is 61.0 cm³/mol. The van der Waals surface area contributed by atoms with E-state index in [1.807, 2.05) is 0 Å². The Bertz CT molecular complexity index is 402. The van der Waals surface area contributed by atoms with Gasteiger partial charge in [0, 0.05) is 17.6 Å². The molecule has 0 bridgehead atoms. The van der Waals surface area contributed by atoms with Crippen LogP contribution in [-0.2, 0) is 10.0 Å². The van der Waals surface area contributed by atoms with Gasteiger partial charge in [0.05, 0.1) is 4.90 Å².